The summed E-state index contributed by atoms with van der Waals surface area (Å²) in [6.45, 7) is 9.81. The number of nitrogens with two attached hydrogens (primary N) is 2. The lowest BCUT2D eigenvalue weighted by Gasteiger charge is -1.97. The summed E-state index contributed by atoms with van der Waals surface area (Å²) in [5.74, 6) is -0.384. The predicted molar refractivity (Wildman–Crippen MR) is 110 cm³/mol. The fraction of sp³-hybridized carbons (Fsp3) is 0.278. The minimum atomic E-state index is -3.53. The molecule has 0 bridgehead atoms. The highest BCUT2D eigenvalue weighted by Gasteiger charge is 2.05. The van der Waals surface area contributed by atoms with Crippen molar-refractivity contribution in [1.82, 2.24) is 0 Å². The number of primary amides is 1. The van der Waals surface area contributed by atoms with Crippen molar-refractivity contribution in [1.29, 1.82) is 0 Å². The van der Waals surface area contributed by atoms with Gasteiger partial charge in [0, 0.05) is 5.56 Å². The molecule has 0 saturated carbocycles. The SMILES string of the molecule is CC.CC.Cc1cccc(S(N)(=O)=O)c1.NC(=O)c1ccc(P)cc1. The summed E-state index contributed by atoms with van der Waals surface area (Å²) < 4.78 is 21.5. The van der Waals surface area contributed by atoms with Crippen LogP contribution in [0.25, 0.3) is 0 Å². The van der Waals surface area contributed by atoms with Gasteiger partial charge in [-0.05, 0) is 42.1 Å². The summed E-state index contributed by atoms with van der Waals surface area (Å²) in [5, 5.41) is 5.94. The monoisotopic (exact) mass is 384 g/mol. The molecule has 0 aliphatic heterocycles. The number of hydrogen-bond donors (Lipinski definition) is 2. The zero-order chi connectivity index (χ0) is 20.0. The van der Waals surface area contributed by atoms with Crippen molar-refractivity contribution in [2.75, 3.05) is 0 Å². The highest BCUT2D eigenvalue weighted by Crippen LogP contribution is 2.07. The third-order valence-corrected chi connectivity index (χ3v) is 3.81. The average molecular weight is 384 g/mol. The van der Waals surface area contributed by atoms with E-state index in [4.69, 9.17) is 10.9 Å². The lowest BCUT2D eigenvalue weighted by atomic mass is 10.2. The molecule has 0 aliphatic carbocycles. The third kappa shape index (κ3) is 11.4. The molecule has 5 nitrogen and oxygen atoms in total. The fourth-order valence-corrected chi connectivity index (χ4v) is 2.25. The summed E-state index contributed by atoms with van der Waals surface area (Å²) in [5.41, 5.74) is 6.45. The molecule has 4 N–H and O–H groups in total. The number of carbonyl (C=O) groups is 1. The van der Waals surface area contributed by atoms with Gasteiger partial charge in [-0.2, -0.15) is 0 Å². The third-order valence-electron chi connectivity index (χ3n) is 2.51. The fourth-order valence-electron chi connectivity index (χ4n) is 1.44. The topological polar surface area (TPSA) is 103 Å². The Balaban J connectivity index is 0. The molecule has 140 valence electrons. The first-order valence-electron chi connectivity index (χ1n) is 7.95. The molecular formula is C18H29N2O3PS. The number of hydrogen-bond acceptors (Lipinski definition) is 3. The molecule has 2 aromatic carbocycles. The van der Waals surface area contributed by atoms with Crippen molar-refractivity contribution in [3.05, 3.63) is 59.7 Å². The molecule has 1 amide bonds. The number of benzene rings is 2. The Hall–Kier alpha value is -1.75. The van der Waals surface area contributed by atoms with Crippen LogP contribution < -0.4 is 16.2 Å². The van der Waals surface area contributed by atoms with E-state index in [9.17, 15) is 13.2 Å². The summed E-state index contributed by atoms with van der Waals surface area (Å²) in [4.78, 5) is 10.7. The number of amides is 1. The van der Waals surface area contributed by atoms with E-state index >= 15 is 0 Å². The number of carbonyl (C=O) groups excluding carboxylic acids is 1. The van der Waals surface area contributed by atoms with Crippen LogP contribution in [-0.4, -0.2) is 14.3 Å². The van der Waals surface area contributed by atoms with Gasteiger partial charge in [-0.15, -0.1) is 9.24 Å². The number of aryl methyl sites for hydroxylation is 1. The van der Waals surface area contributed by atoms with Crippen molar-refractivity contribution in [3.63, 3.8) is 0 Å². The number of rotatable bonds is 2. The molecule has 0 fully saturated rings. The Morgan fingerprint density at radius 1 is 0.960 bits per heavy atom. The maximum atomic E-state index is 10.8. The van der Waals surface area contributed by atoms with Crippen LogP contribution >= 0.6 is 9.24 Å². The highest BCUT2D eigenvalue weighted by molar-refractivity contribution is 7.89. The Labute approximate surface area is 154 Å². The van der Waals surface area contributed by atoms with Crippen molar-refractivity contribution in [2.24, 2.45) is 10.9 Å². The van der Waals surface area contributed by atoms with Crippen molar-refractivity contribution >= 4 is 30.5 Å². The lowest BCUT2D eigenvalue weighted by molar-refractivity contribution is 0.100. The van der Waals surface area contributed by atoms with E-state index in [1.54, 1.807) is 18.2 Å². The number of sulfonamides is 1. The van der Waals surface area contributed by atoms with E-state index in [1.165, 1.54) is 12.1 Å². The predicted octanol–water partition coefficient (Wildman–Crippen LogP) is 2.98. The molecule has 0 saturated heterocycles. The standard InChI is InChI=1S/C7H9NO2S.C7H8NOP.2C2H6/c1-6-3-2-4-7(5-6)11(8,9)10;8-7(9)5-1-3-6(10)4-2-5;2*1-2/h2-5H,1H3,(H2,8,9,10);1-4H,10H2,(H2,8,9);2*1-2H3. The Kier molecular flexibility index (Phi) is 13.8. The first kappa shape index (κ1) is 25.5. The molecule has 0 radical (unpaired) electrons. The molecule has 0 aliphatic rings. The molecule has 0 aromatic heterocycles. The van der Waals surface area contributed by atoms with Gasteiger partial charge >= 0.3 is 0 Å². The van der Waals surface area contributed by atoms with Gasteiger partial charge in [0.05, 0.1) is 4.90 Å². The minimum Gasteiger partial charge on any atom is -0.366 e. The molecular weight excluding hydrogens is 355 g/mol. The number of primary sulfonamides is 1. The first-order valence-corrected chi connectivity index (χ1v) is 10.1. The maximum Gasteiger partial charge on any atom is 0.248 e. The quantitative estimate of drug-likeness (QED) is 0.778. The van der Waals surface area contributed by atoms with Crippen LogP contribution in [0.4, 0.5) is 0 Å². The average Bonchev–Trinajstić information content (AvgIpc) is 2.59. The molecule has 0 heterocycles. The molecule has 0 spiro atoms. The summed E-state index contributed by atoms with van der Waals surface area (Å²) in [6, 6.07) is 13.5. The maximum absolute atomic E-state index is 10.8. The molecule has 2 rings (SSSR count). The Bertz CT molecular complexity index is 730. The van der Waals surface area contributed by atoms with Gasteiger partial charge in [0.25, 0.3) is 0 Å². The molecule has 2 aromatic rings. The Morgan fingerprint density at radius 3 is 1.76 bits per heavy atom. The van der Waals surface area contributed by atoms with Crippen molar-refractivity contribution in [2.45, 2.75) is 39.5 Å². The highest BCUT2D eigenvalue weighted by atomic mass is 32.2. The van der Waals surface area contributed by atoms with Gasteiger partial charge in [-0.25, -0.2) is 13.6 Å². The van der Waals surface area contributed by atoms with E-state index in [1.807, 2.05) is 52.8 Å². The second kappa shape index (κ2) is 13.5. The molecule has 1 unspecified atom stereocenters. The van der Waals surface area contributed by atoms with E-state index in [2.05, 4.69) is 9.24 Å². The van der Waals surface area contributed by atoms with Gasteiger partial charge in [0.1, 0.15) is 0 Å². The Morgan fingerprint density at radius 2 is 1.44 bits per heavy atom. The zero-order valence-electron chi connectivity index (χ0n) is 15.5. The van der Waals surface area contributed by atoms with Crippen LogP contribution in [0.2, 0.25) is 0 Å². The van der Waals surface area contributed by atoms with E-state index in [0.29, 0.717) is 5.56 Å². The molecule has 1 atom stereocenters. The van der Waals surface area contributed by atoms with Gasteiger partial charge in [0.15, 0.2) is 0 Å². The van der Waals surface area contributed by atoms with Gasteiger partial charge in [0.2, 0.25) is 15.9 Å². The van der Waals surface area contributed by atoms with Crippen molar-refractivity contribution in [3.8, 4) is 0 Å². The second-order valence-electron chi connectivity index (χ2n) is 4.35. The van der Waals surface area contributed by atoms with E-state index < -0.39 is 10.0 Å². The zero-order valence-corrected chi connectivity index (χ0v) is 17.5. The first-order chi connectivity index (χ1) is 11.7. The largest absolute Gasteiger partial charge is 0.366 e. The normalized spacial score (nSPS) is 9.24. The van der Waals surface area contributed by atoms with Crippen LogP contribution in [0.3, 0.4) is 0 Å². The van der Waals surface area contributed by atoms with Crippen LogP contribution in [-0.2, 0) is 10.0 Å². The molecule has 25 heavy (non-hydrogen) atoms. The van der Waals surface area contributed by atoms with E-state index in [-0.39, 0.29) is 10.8 Å². The van der Waals surface area contributed by atoms with Gasteiger partial charge in [-0.3, -0.25) is 4.79 Å². The molecule has 7 heteroatoms. The van der Waals surface area contributed by atoms with Crippen LogP contribution in [0.5, 0.6) is 0 Å². The van der Waals surface area contributed by atoms with Crippen LogP contribution in [0.15, 0.2) is 53.4 Å². The summed E-state index contributed by atoms with van der Waals surface area (Å²) in [6.07, 6.45) is 0. The summed E-state index contributed by atoms with van der Waals surface area (Å²) in [7, 11) is -0.994. The van der Waals surface area contributed by atoms with Crippen LogP contribution in [0, 0.1) is 6.92 Å². The van der Waals surface area contributed by atoms with Gasteiger partial charge in [-0.1, -0.05) is 52.0 Å². The van der Waals surface area contributed by atoms with Gasteiger partial charge < -0.3 is 5.73 Å². The second-order valence-corrected chi connectivity index (χ2v) is 6.58. The van der Waals surface area contributed by atoms with E-state index in [0.717, 1.165) is 10.9 Å². The van der Waals surface area contributed by atoms with Crippen molar-refractivity contribution < 1.29 is 13.2 Å². The smallest absolute Gasteiger partial charge is 0.248 e. The van der Waals surface area contributed by atoms with Crippen LogP contribution in [0.1, 0.15) is 43.6 Å². The summed E-state index contributed by atoms with van der Waals surface area (Å²) >= 11 is 0. The lowest BCUT2D eigenvalue weighted by Crippen LogP contribution is -2.11. The minimum absolute atomic E-state index is 0.164.